The van der Waals surface area contributed by atoms with Crippen molar-refractivity contribution in [3.63, 3.8) is 0 Å². The Labute approximate surface area is 125 Å². The molecule has 0 aromatic rings. The monoisotopic (exact) mass is 299 g/mol. The molecule has 21 heavy (non-hydrogen) atoms. The van der Waals surface area contributed by atoms with Crippen LogP contribution in [0.4, 0.5) is 0 Å². The number of hydrogen-bond acceptors (Lipinski definition) is 4. The largest absolute Gasteiger partial charge is 0.480 e. The summed E-state index contributed by atoms with van der Waals surface area (Å²) in [6.07, 6.45) is 1.11. The zero-order valence-electron chi connectivity index (χ0n) is 13.0. The normalized spacial score (nSPS) is 21.8. The lowest BCUT2D eigenvalue weighted by molar-refractivity contribution is -0.148. The summed E-state index contributed by atoms with van der Waals surface area (Å²) in [7, 11) is 0. The van der Waals surface area contributed by atoms with Crippen molar-refractivity contribution in [1.82, 2.24) is 15.8 Å². The Morgan fingerprint density at radius 1 is 1.24 bits per heavy atom. The van der Waals surface area contributed by atoms with Gasteiger partial charge in [-0.3, -0.25) is 19.4 Å². The van der Waals surface area contributed by atoms with Gasteiger partial charge in [0.05, 0.1) is 0 Å². The Kier molecular flexibility index (Phi) is 6.14. The van der Waals surface area contributed by atoms with Gasteiger partial charge in [0, 0.05) is 12.5 Å². The van der Waals surface area contributed by atoms with Crippen LogP contribution in [0.5, 0.6) is 0 Å². The number of carbonyl (C=O) groups excluding carboxylic acids is 2. The van der Waals surface area contributed by atoms with Crippen molar-refractivity contribution in [1.29, 1.82) is 0 Å². The summed E-state index contributed by atoms with van der Waals surface area (Å²) in [6, 6.07) is -1.43. The molecule has 0 bridgehead atoms. The van der Waals surface area contributed by atoms with Crippen LogP contribution >= 0.6 is 0 Å². The molecule has 0 aromatic heterocycles. The number of carbonyl (C=O) groups is 3. The van der Waals surface area contributed by atoms with Crippen LogP contribution in [0.1, 0.15) is 40.5 Å². The Morgan fingerprint density at radius 2 is 1.86 bits per heavy atom. The molecule has 1 unspecified atom stereocenters. The van der Waals surface area contributed by atoms with Gasteiger partial charge in [0.15, 0.2) is 0 Å². The average Bonchev–Trinajstić information content (AvgIpc) is 2.45. The minimum absolute atomic E-state index is 0.169. The van der Waals surface area contributed by atoms with Gasteiger partial charge >= 0.3 is 5.97 Å². The molecule has 3 N–H and O–H groups in total. The van der Waals surface area contributed by atoms with Crippen LogP contribution in [0.2, 0.25) is 0 Å². The number of hydrazine groups is 1. The fourth-order valence-electron chi connectivity index (χ4n) is 2.07. The van der Waals surface area contributed by atoms with Gasteiger partial charge in [-0.05, 0) is 25.7 Å². The maximum atomic E-state index is 12.2. The van der Waals surface area contributed by atoms with E-state index in [0.717, 1.165) is 0 Å². The average molecular weight is 299 g/mol. The number of hydrogen-bond donors (Lipinski definition) is 3. The third-order valence-corrected chi connectivity index (χ3v) is 3.89. The lowest BCUT2D eigenvalue weighted by atomic mass is 9.97. The second-order valence-electron chi connectivity index (χ2n) is 5.91. The Hall–Kier alpha value is -1.63. The van der Waals surface area contributed by atoms with Gasteiger partial charge in [0.25, 0.3) is 5.91 Å². The molecule has 2 amide bonds. The van der Waals surface area contributed by atoms with E-state index in [9.17, 15) is 14.4 Å². The third-order valence-electron chi connectivity index (χ3n) is 3.89. The second-order valence-corrected chi connectivity index (χ2v) is 5.91. The molecule has 0 saturated carbocycles. The van der Waals surface area contributed by atoms with E-state index in [0.29, 0.717) is 19.4 Å². The molecule has 1 heterocycles. The number of rotatable bonds is 5. The van der Waals surface area contributed by atoms with Crippen molar-refractivity contribution in [3.05, 3.63) is 0 Å². The summed E-state index contributed by atoms with van der Waals surface area (Å²) < 4.78 is 0. The maximum Gasteiger partial charge on any atom is 0.322 e. The van der Waals surface area contributed by atoms with E-state index >= 15 is 0 Å². The summed E-state index contributed by atoms with van der Waals surface area (Å²) in [5.41, 5.74) is 2.69. The van der Waals surface area contributed by atoms with E-state index in [1.807, 2.05) is 20.8 Å². The Balaban J connectivity index is 2.57. The van der Waals surface area contributed by atoms with E-state index in [1.165, 1.54) is 5.01 Å². The predicted octanol–water partition coefficient (Wildman–Crippen LogP) is 0.363. The molecule has 0 spiro atoms. The molecule has 1 aliphatic heterocycles. The summed E-state index contributed by atoms with van der Waals surface area (Å²) in [5, 5.41) is 13.0. The predicted molar refractivity (Wildman–Crippen MR) is 77.1 cm³/mol. The highest BCUT2D eigenvalue weighted by Crippen LogP contribution is 2.11. The quantitative estimate of drug-likeness (QED) is 0.681. The van der Waals surface area contributed by atoms with Gasteiger partial charge in [-0.15, -0.1) is 0 Å². The van der Waals surface area contributed by atoms with Gasteiger partial charge in [-0.25, -0.2) is 5.43 Å². The number of carboxylic acids is 1. The molecule has 1 fully saturated rings. The van der Waals surface area contributed by atoms with Crippen molar-refractivity contribution in [2.75, 3.05) is 6.54 Å². The van der Waals surface area contributed by atoms with Gasteiger partial charge < -0.3 is 10.4 Å². The van der Waals surface area contributed by atoms with Gasteiger partial charge in [0.1, 0.15) is 12.1 Å². The maximum absolute atomic E-state index is 12.2. The van der Waals surface area contributed by atoms with Crippen molar-refractivity contribution in [2.24, 2.45) is 11.8 Å². The second kappa shape index (κ2) is 7.40. The SMILES string of the molecule is CC(NC(=O)[C@@H](C)C(C)C)C(=O)N1CCC[C@@H](C(=O)O)N1. The molecule has 3 atom stereocenters. The fourth-order valence-corrected chi connectivity index (χ4v) is 2.07. The van der Waals surface area contributed by atoms with E-state index < -0.39 is 18.1 Å². The van der Waals surface area contributed by atoms with E-state index in [4.69, 9.17) is 5.11 Å². The van der Waals surface area contributed by atoms with Crippen LogP contribution in [0.25, 0.3) is 0 Å². The molecule has 1 saturated heterocycles. The topological polar surface area (TPSA) is 98.7 Å². The minimum Gasteiger partial charge on any atom is -0.480 e. The number of aliphatic carboxylic acids is 1. The smallest absolute Gasteiger partial charge is 0.322 e. The van der Waals surface area contributed by atoms with Crippen LogP contribution < -0.4 is 10.7 Å². The summed E-state index contributed by atoms with van der Waals surface area (Å²) >= 11 is 0. The van der Waals surface area contributed by atoms with Gasteiger partial charge in [-0.1, -0.05) is 20.8 Å². The first-order valence-corrected chi connectivity index (χ1v) is 7.34. The highest BCUT2D eigenvalue weighted by Gasteiger charge is 2.31. The molecule has 7 heteroatoms. The number of nitrogens with one attached hydrogen (secondary N) is 2. The Bertz CT molecular complexity index is 411. The molecule has 0 radical (unpaired) electrons. The van der Waals surface area contributed by atoms with Crippen LogP contribution in [0, 0.1) is 11.8 Å². The Morgan fingerprint density at radius 3 is 2.38 bits per heavy atom. The molecule has 120 valence electrons. The van der Waals surface area contributed by atoms with Crippen molar-refractivity contribution in [2.45, 2.75) is 52.6 Å². The summed E-state index contributed by atoms with van der Waals surface area (Å²) in [5.74, 6) is -1.45. The van der Waals surface area contributed by atoms with Gasteiger partial charge in [-0.2, -0.15) is 0 Å². The fraction of sp³-hybridized carbons (Fsp3) is 0.786. The van der Waals surface area contributed by atoms with Crippen molar-refractivity contribution < 1.29 is 19.5 Å². The number of nitrogens with zero attached hydrogens (tertiary/aromatic N) is 1. The summed E-state index contributed by atoms with van der Waals surface area (Å²) in [6.45, 7) is 7.76. The summed E-state index contributed by atoms with van der Waals surface area (Å²) in [4.78, 5) is 35.2. The molecule has 1 rings (SSSR count). The van der Waals surface area contributed by atoms with Crippen LogP contribution in [-0.4, -0.2) is 46.5 Å². The number of carboxylic acid groups (broad SMARTS) is 1. The van der Waals surface area contributed by atoms with E-state index in [-0.39, 0.29) is 23.7 Å². The highest BCUT2D eigenvalue weighted by atomic mass is 16.4. The molecule has 1 aliphatic rings. The van der Waals surface area contributed by atoms with E-state index in [2.05, 4.69) is 10.7 Å². The van der Waals surface area contributed by atoms with Crippen LogP contribution in [0.3, 0.4) is 0 Å². The lowest BCUT2D eigenvalue weighted by Crippen LogP contribution is -2.59. The minimum atomic E-state index is -0.974. The molecular weight excluding hydrogens is 274 g/mol. The molecule has 0 aromatic carbocycles. The van der Waals surface area contributed by atoms with E-state index in [1.54, 1.807) is 6.92 Å². The zero-order chi connectivity index (χ0) is 16.2. The van der Waals surface area contributed by atoms with Crippen molar-refractivity contribution >= 4 is 17.8 Å². The molecule has 0 aliphatic carbocycles. The number of amides is 2. The standard InChI is InChI=1S/C14H25N3O4/c1-8(2)9(3)12(18)15-10(4)13(19)17-7-5-6-11(16-17)14(20)21/h8-11,16H,5-7H2,1-4H3,(H,15,18)(H,20,21)/t9-,10?,11-/m0/s1. The lowest BCUT2D eigenvalue weighted by Gasteiger charge is -2.33. The highest BCUT2D eigenvalue weighted by molar-refractivity contribution is 5.88. The molecular formula is C14H25N3O4. The zero-order valence-corrected chi connectivity index (χ0v) is 13.0. The van der Waals surface area contributed by atoms with Gasteiger partial charge in [0.2, 0.25) is 5.91 Å². The first-order chi connectivity index (χ1) is 9.73. The molecule has 7 nitrogen and oxygen atoms in total. The third kappa shape index (κ3) is 4.70. The first kappa shape index (κ1) is 17.4. The van der Waals surface area contributed by atoms with Crippen molar-refractivity contribution in [3.8, 4) is 0 Å². The first-order valence-electron chi connectivity index (χ1n) is 7.34. The van der Waals surface area contributed by atoms with Crippen LogP contribution in [-0.2, 0) is 14.4 Å². The van der Waals surface area contributed by atoms with Crippen LogP contribution in [0.15, 0.2) is 0 Å².